The average Bonchev–Trinajstić information content (AvgIpc) is 0.970. The molecule has 0 saturated heterocycles. The highest BCUT2D eigenvalue weighted by atomic mass is 31.2. The molecule has 102 heavy (non-hydrogen) atoms. The molecule has 0 aromatic heterocycles. The number of aliphatic hydroxyl groups excluding tert-OH is 1. The predicted molar refractivity (Wildman–Crippen MR) is 418 cm³/mol. The van der Waals surface area contributed by atoms with E-state index in [0.29, 0.717) is 25.7 Å². The minimum Gasteiger partial charge on any atom is -0.462 e. The van der Waals surface area contributed by atoms with Gasteiger partial charge in [-0.2, -0.15) is 0 Å². The van der Waals surface area contributed by atoms with E-state index in [4.69, 9.17) is 37.0 Å². The van der Waals surface area contributed by atoms with E-state index in [1.807, 2.05) is 0 Å². The molecule has 19 heteroatoms. The molecule has 5 atom stereocenters. The molecule has 0 bridgehead atoms. The van der Waals surface area contributed by atoms with Crippen LogP contribution in [0.1, 0.15) is 440 Å². The molecular formula is C83H162O17P2. The third kappa shape index (κ3) is 76.3. The van der Waals surface area contributed by atoms with E-state index in [9.17, 15) is 43.2 Å². The Bertz CT molecular complexity index is 1960. The summed E-state index contributed by atoms with van der Waals surface area (Å²) in [6, 6.07) is 0. The fourth-order valence-electron chi connectivity index (χ4n) is 12.9. The van der Waals surface area contributed by atoms with Crippen LogP contribution in [0.5, 0.6) is 0 Å². The third-order valence-electron chi connectivity index (χ3n) is 19.5. The van der Waals surface area contributed by atoms with Crippen molar-refractivity contribution in [3.63, 3.8) is 0 Å². The second kappa shape index (κ2) is 74.5. The second-order valence-corrected chi connectivity index (χ2v) is 33.7. The van der Waals surface area contributed by atoms with Crippen molar-refractivity contribution in [3.05, 3.63) is 0 Å². The largest absolute Gasteiger partial charge is 0.472 e. The highest BCUT2D eigenvalue weighted by Gasteiger charge is 2.30. The van der Waals surface area contributed by atoms with Crippen LogP contribution in [0.15, 0.2) is 0 Å². The van der Waals surface area contributed by atoms with Crippen molar-refractivity contribution < 1.29 is 80.2 Å². The second-order valence-electron chi connectivity index (χ2n) is 30.8. The van der Waals surface area contributed by atoms with Crippen molar-refractivity contribution in [3.8, 4) is 0 Å². The molecule has 0 aromatic carbocycles. The lowest BCUT2D eigenvalue weighted by molar-refractivity contribution is -0.161. The summed E-state index contributed by atoms with van der Waals surface area (Å²) < 4.78 is 68.8. The molecule has 17 nitrogen and oxygen atoms in total. The summed E-state index contributed by atoms with van der Waals surface area (Å²) in [7, 11) is -9.92. The van der Waals surface area contributed by atoms with Gasteiger partial charge in [-0.1, -0.05) is 388 Å². The summed E-state index contributed by atoms with van der Waals surface area (Å²) in [5.74, 6) is -0.563. The van der Waals surface area contributed by atoms with Gasteiger partial charge in [0, 0.05) is 25.7 Å². The fraction of sp³-hybridized carbons (Fsp3) is 0.952. The van der Waals surface area contributed by atoms with Crippen molar-refractivity contribution in [2.75, 3.05) is 39.6 Å². The quantitative estimate of drug-likeness (QED) is 0.0222. The van der Waals surface area contributed by atoms with Gasteiger partial charge in [0.15, 0.2) is 12.2 Å². The van der Waals surface area contributed by atoms with E-state index >= 15 is 0 Å². The number of rotatable bonds is 82. The highest BCUT2D eigenvalue weighted by Crippen LogP contribution is 2.45. The number of phosphoric ester groups is 2. The summed E-state index contributed by atoms with van der Waals surface area (Å²) in [4.78, 5) is 73.1. The number of carbonyl (C=O) groups excluding carboxylic acids is 4. The average molecular weight is 1490 g/mol. The van der Waals surface area contributed by atoms with Gasteiger partial charge >= 0.3 is 39.5 Å². The lowest BCUT2D eigenvalue weighted by Crippen LogP contribution is -2.30. The zero-order chi connectivity index (χ0) is 74.9. The van der Waals surface area contributed by atoms with Crippen molar-refractivity contribution in [2.24, 2.45) is 11.8 Å². The van der Waals surface area contributed by atoms with Crippen molar-refractivity contribution >= 4 is 39.5 Å². The summed E-state index contributed by atoms with van der Waals surface area (Å²) in [5, 5.41) is 10.7. The summed E-state index contributed by atoms with van der Waals surface area (Å²) >= 11 is 0. The molecule has 0 spiro atoms. The Kier molecular flexibility index (Phi) is 73.1. The summed E-state index contributed by atoms with van der Waals surface area (Å²) in [6.45, 7) is 9.66. The van der Waals surface area contributed by atoms with E-state index in [0.717, 1.165) is 102 Å². The van der Waals surface area contributed by atoms with Gasteiger partial charge in [0.1, 0.15) is 19.3 Å². The molecular weight excluding hydrogens is 1330 g/mol. The lowest BCUT2D eigenvalue weighted by atomic mass is 10.0. The smallest absolute Gasteiger partial charge is 0.462 e. The number of phosphoric acid groups is 2. The minimum atomic E-state index is -4.96. The van der Waals surface area contributed by atoms with E-state index in [2.05, 4.69) is 41.5 Å². The Morgan fingerprint density at radius 3 is 0.667 bits per heavy atom. The van der Waals surface area contributed by atoms with E-state index in [1.165, 1.54) is 257 Å². The molecule has 0 aliphatic carbocycles. The molecule has 0 amide bonds. The topological polar surface area (TPSA) is 237 Å². The third-order valence-corrected chi connectivity index (χ3v) is 21.4. The van der Waals surface area contributed by atoms with Crippen LogP contribution in [0.2, 0.25) is 0 Å². The number of unbranched alkanes of at least 4 members (excludes halogenated alkanes) is 52. The first kappa shape index (κ1) is 100. The number of ether oxygens (including phenoxy) is 4. The highest BCUT2D eigenvalue weighted by molar-refractivity contribution is 7.47. The molecule has 0 fully saturated rings. The fourth-order valence-corrected chi connectivity index (χ4v) is 14.5. The molecule has 0 aromatic rings. The first-order chi connectivity index (χ1) is 49.4. The molecule has 0 heterocycles. The van der Waals surface area contributed by atoms with Crippen LogP contribution >= 0.6 is 15.6 Å². The Morgan fingerprint density at radius 1 is 0.265 bits per heavy atom. The van der Waals surface area contributed by atoms with E-state index in [-0.39, 0.29) is 25.7 Å². The molecule has 0 aliphatic heterocycles. The van der Waals surface area contributed by atoms with Crippen molar-refractivity contribution in [1.82, 2.24) is 0 Å². The number of carbonyl (C=O) groups is 4. The van der Waals surface area contributed by atoms with Crippen molar-refractivity contribution in [1.29, 1.82) is 0 Å². The molecule has 3 N–H and O–H groups in total. The maximum atomic E-state index is 13.1. The summed E-state index contributed by atoms with van der Waals surface area (Å²) in [5.41, 5.74) is 0. The van der Waals surface area contributed by atoms with E-state index < -0.39 is 97.5 Å². The Hall–Kier alpha value is -1.94. The molecule has 0 radical (unpaired) electrons. The number of hydrogen-bond acceptors (Lipinski definition) is 15. The molecule has 606 valence electrons. The van der Waals surface area contributed by atoms with E-state index in [1.54, 1.807) is 0 Å². The minimum absolute atomic E-state index is 0.107. The van der Waals surface area contributed by atoms with Crippen LogP contribution in [-0.2, 0) is 65.4 Å². The summed E-state index contributed by atoms with van der Waals surface area (Å²) in [6.07, 6.45) is 65.2. The monoisotopic (exact) mass is 1490 g/mol. The van der Waals surface area contributed by atoms with Crippen LogP contribution < -0.4 is 0 Å². The van der Waals surface area contributed by atoms with Gasteiger partial charge in [-0.25, -0.2) is 9.13 Å². The molecule has 0 saturated carbocycles. The molecule has 0 rings (SSSR count). The van der Waals surface area contributed by atoms with Gasteiger partial charge < -0.3 is 33.8 Å². The zero-order valence-electron chi connectivity index (χ0n) is 66.9. The van der Waals surface area contributed by atoms with Gasteiger partial charge in [0.25, 0.3) is 0 Å². The van der Waals surface area contributed by atoms with Gasteiger partial charge in [-0.3, -0.25) is 37.3 Å². The van der Waals surface area contributed by atoms with Crippen LogP contribution in [-0.4, -0.2) is 96.7 Å². The van der Waals surface area contributed by atoms with Crippen LogP contribution in [0.4, 0.5) is 0 Å². The maximum Gasteiger partial charge on any atom is 0.472 e. The van der Waals surface area contributed by atoms with Crippen LogP contribution in [0.25, 0.3) is 0 Å². The molecule has 0 aliphatic rings. The Morgan fingerprint density at radius 2 is 0.451 bits per heavy atom. The van der Waals surface area contributed by atoms with Gasteiger partial charge in [0.05, 0.1) is 26.4 Å². The Balaban J connectivity index is 5.24. The first-order valence-electron chi connectivity index (χ1n) is 43.0. The number of aliphatic hydroxyl groups is 1. The standard InChI is InChI=1S/C83H162O17P2/c1-7-9-11-13-15-17-19-21-22-23-24-25-26-27-28-31-36-43-49-55-61-67-82(87)99-78(71-94-81(86)66-60-54-48-42-35-32-29-30-33-39-45-51-57-63-75(3)4)73-97-101(89,90)95-69-77(84)70-96-102(91,92)98-74-79(72-93-80(85)65-59-53-47-41-34-20-18-16-14-12-10-8-2)100-83(88)68-62-56-50-44-38-37-40-46-52-58-64-76(5)6/h75-79,84H,7-74H2,1-6H3,(H,89,90)(H,91,92)/t77-,78-,79-/m1/s1. The van der Waals surface area contributed by atoms with Gasteiger partial charge in [-0.15, -0.1) is 0 Å². The van der Waals surface area contributed by atoms with Gasteiger partial charge in [0.2, 0.25) is 0 Å². The van der Waals surface area contributed by atoms with Crippen molar-refractivity contribution in [2.45, 2.75) is 458 Å². The first-order valence-corrected chi connectivity index (χ1v) is 46.0. The predicted octanol–water partition coefficient (Wildman–Crippen LogP) is 25.1. The zero-order valence-corrected chi connectivity index (χ0v) is 68.7. The Labute approximate surface area is 626 Å². The lowest BCUT2D eigenvalue weighted by Gasteiger charge is -2.21. The molecule has 2 unspecified atom stereocenters. The number of esters is 4. The number of hydrogen-bond donors (Lipinski definition) is 3. The van der Waals surface area contributed by atoms with Gasteiger partial charge in [-0.05, 0) is 37.5 Å². The maximum absolute atomic E-state index is 13.1. The SMILES string of the molecule is CCCCCCCCCCCCCCCCCCCCCCCC(=O)O[C@H](COC(=O)CCCCCCCCCCCCCCCC(C)C)COP(=O)(O)OC[C@@H](O)COP(=O)(O)OC[C@@H](COC(=O)CCCCCCCCCCCCCC)OC(=O)CCCCCCCCCCCCC(C)C. The normalized spacial score (nSPS) is 13.9. The van der Waals surface area contributed by atoms with Crippen LogP contribution in [0.3, 0.4) is 0 Å². The van der Waals surface area contributed by atoms with Crippen LogP contribution in [0, 0.1) is 11.8 Å².